The highest BCUT2D eigenvalue weighted by atomic mass is 16.5. The second-order valence-corrected chi connectivity index (χ2v) is 8.86. The molecule has 0 bridgehead atoms. The smallest absolute Gasteiger partial charge is 0.339 e. The van der Waals surface area contributed by atoms with Crippen molar-refractivity contribution >= 4 is 22.8 Å². The Labute approximate surface area is 209 Å². The molecule has 1 aromatic heterocycles. The van der Waals surface area contributed by atoms with Gasteiger partial charge in [-0.3, -0.25) is 9.59 Å². The molecular weight excluding hydrogens is 456 g/mol. The standard InChI is InChI=1S/C29H28N2O5/c1-19-8-10-22-16-23(28(33)30-25(22)14-19)17-31(13-12-21-6-4-3-5-7-21)27(32)18-36-26-15-20(2)9-11-24(26)29(34)35/h3-11,14-16H,12-13,17-18H2,1-2H3,(H,30,33)(H,34,35). The Bertz CT molecular complexity index is 1460. The number of carboxylic acid groups (broad SMARTS) is 1. The summed E-state index contributed by atoms with van der Waals surface area (Å²) in [6.45, 7) is 3.91. The van der Waals surface area contributed by atoms with E-state index in [-0.39, 0.29) is 35.9 Å². The molecule has 4 aromatic rings. The lowest BCUT2D eigenvalue weighted by Gasteiger charge is -2.23. The maximum Gasteiger partial charge on any atom is 0.339 e. The third-order valence-electron chi connectivity index (χ3n) is 6.02. The van der Waals surface area contributed by atoms with E-state index in [2.05, 4.69) is 4.98 Å². The highest BCUT2D eigenvalue weighted by molar-refractivity contribution is 5.91. The molecule has 36 heavy (non-hydrogen) atoms. The molecule has 0 aliphatic carbocycles. The Morgan fingerprint density at radius 2 is 1.67 bits per heavy atom. The molecule has 0 atom stereocenters. The number of aromatic nitrogens is 1. The fraction of sp³-hybridized carbons (Fsp3) is 0.207. The van der Waals surface area contributed by atoms with E-state index < -0.39 is 5.97 Å². The number of benzene rings is 3. The number of H-pyrrole nitrogens is 1. The number of nitrogens with zero attached hydrogens (tertiary/aromatic N) is 1. The van der Waals surface area contributed by atoms with Crippen molar-refractivity contribution in [3.63, 3.8) is 0 Å². The summed E-state index contributed by atoms with van der Waals surface area (Å²) < 4.78 is 5.67. The van der Waals surface area contributed by atoms with Crippen LogP contribution in [-0.4, -0.2) is 40.0 Å². The van der Waals surface area contributed by atoms with Crippen LogP contribution >= 0.6 is 0 Å². The van der Waals surface area contributed by atoms with Crippen LogP contribution in [0.25, 0.3) is 10.9 Å². The summed E-state index contributed by atoms with van der Waals surface area (Å²) in [5, 5.41) is 10.3. The number of hydrogen-bond donors (Lipinski definition) is 2. The van der Waals surface area contributed by atoms with Crippen LogP contribution in [0.15, 0.2) is 77.6 Å². The van der Waals surface area contributed by atoms with Crippen molar-refractivity contribution in [1.29, 1.82) is 0 Å². The number of ether oxygens (including phenoxy) is 1. The summed E-state index contributed by atoms with van der Waals surface area (Å²) in [7, 11) is 0. The number of aryl methyl sites for hydroxylation is 2. The summed E-state index contributed by atoms with van der Waals surface area (Å²) in [5.74, 6) is -1.33. The Balaban J connectivity index is 1.57. The van der Waals surface area contributed by atoms with Gasteiger partial charge in [0.05, 0.1) is 6.54 Å². The molecule has 184 valence electrons. The first kappa shape index (κ1) is 24.7. The maximum atomic E-state index is 13.3. The van der Waals surface area contributed by atoms with Crippen LogP contribution in [0.2, 0.25) is 0 Å². The lowest BCUT2D eigenvalue weighted by Crippen LogP contribution is -2.37. The van der Waals surface area contributed by atoms with Crippen LogP contribution in [0.4, 0.5) is 0 Å². The number of aromatic amines is 1. The molecule has 7 heteroatoms. The Kier molecular flexibility index (Phi) is 7.49. The van der Waals surface area contributed by atoms with Gasteiger partial charge < -0.3 is 19.7 Å². The van der Waals surface area contributed by atoms with Crippen molar-refractivity contribution in [3.8, 4) is 5.75 Å². The minimum Gasteiger partial charge on any atom is -0.483 e. The Morgan fingerprint density at radius 1 is 0.944 bits per heavy atom. The van der Waals surface area contributed by atoms with Gasteiger partial charge >= 0.3 is 5.97 Å². The van der Waals surface area contributed by atoms with Crippen molar-refractivity contribution in [2.24, 2.45) is 0 Å². The van der Waals surface area contributed by atoms with E-state index in [1.54, 1.807) is 23.1 Å². The zero-order valence-electron chi connectivity index (χ0n) is 20.3. The Hall–Kier alpha value is -4.39. The van der Waals surface area contributed by atoms with Gasteiger partial charge in [-0.05, 0) is 66.6 Å². The SMILES string of the molecule is Cc1ccc(C(=O)O)c(OCC(=O)N(CCc2ccccc2)Cc2cc3ccc(C)cc3[nH]c2=O)c1. The summed E-state index contributed by atoms with van der Waals surface area (Å²) >= 11 is 0. The topological polar surface area (TPSA) is 99.7 Å². The quantitative estimate of drug-likeness (QED) is 0.365. The van der Waals surface area contributed by atoms with Crippen molar-refractivity contribution in [2.75, 3.05) is 13.2 Å². The van der Waals surface area contributed by atoms with E-state index in [1.807, 2.05) is 62.4 Å². The first-order valence-corrected chi connectivity index (χ1v) is 11.7. The van der Waals surface area contributed by atoms with Gasteiger partial charge in [-0.2, -0.15) is 0 Å². The molecule has 3 aromatic carbocycles. The molecule has 0 aliphatic heterocycles. The van der Waals surface area contributed by atoms with E-state index in [4.69, 9.17) is 4.74 Å². The lowest BCUT2D eigenvalue weighted by atomic mass is 10.1. The van der Waals surface area contributed by atoms with E-state index >= 15 is 0 Å². The number of aromatic carboxylic acids is 1. The number of rotatable bonds is 9. The molecule has 0 spiro atoms. The molecule has 1 heterocycles. The monoisotopic (exact) mass is 484 g/mol. The molecule has 0 aliphatic rings. The van der Waals surface area contributed by atoms with Gasteiger partial charge in [0.15, 0.2) is 6.61 Å². The van der Waals surface area contributed by atoms with Crippen LogP contribution < -0.4 is 10.3 Å². The number of pyridine rings is 1. The predicted octanol–water partition coefficient (Wildman–Crippen LogP) is 4.49. The molecule has 0 saturated carbocycles. The fourth-order valence-electron chi connectivity index (χ4n) is 4.04. The van der Waals surface area contributed by atoms with E-state index in [1.165, 1.54) is 6.07 Å². The molecule has 1 amide bonds. The van der Waals surface area contributed by atoms with Gasteiger partial charge in [0.25, 0.3) is 11.5 Å². The number of fused-ring (bicyclic) bond motifs is 1. The van der Waals surface area contributed by atoms with Crippen LogP contribution in [0.5, 0.6) is 5.75 Å². The minimum atomic E-state index is -1.13. The van der Waals surface area contributed by atoms with Gasteiger partial charge in [0, 0.05) is 17.6 Å². The molecule has 0 radical (unpaired) electrons. The van der Waals surface area contributed by atoms with Gasteiger partial charge in [0.2, 0.25) is 0 Å². The average Bonchev–Trinajstić information content (AvgIpc) is 2.85. The van der Waals surface area contributed by atoms with Gasteiger partial charge in [-0.25, -0.2) is 4.79 Å². The van der Waals surface area contributed by atoms with Crippen molar-refractivity contribution in [2.45, 2.75) is 26.8 Å². The molecular formula is C29H28N2O5. The summed E-state index contributed by atoms with van der Waals surface area (Å²) in [4.78, 5) is 42.1. The van der Waals surface area contributed by atoms with Crippen LogP contribution in [0.3, 0.4) is 0 Å². The fourth-order valence-corrected chi connectivity index (χ4v) is 4.04. The predicted molar refractivity (Wildman–Crippen MR) is 139 cm³/mol. The second kappa shape index (κ2) is 10.9. The van der Waals surface area contributed by atoms with Crippen molar-refractivity contribution < 1.29 is 19.4 Å². The first-order chi connectivity index (χ1) is 17.3. The number of carbonyl (C=O) groups excluding carboxylic acids is 1. The zero-order valence-corrected chi connectivity index (χ0v) is 20.3. The molecule has 2 N–H and O–H groups in total. The largest absolute Gasteiger partial charge is 0.483 e. The third-order valence-corrected chi connectivity index (χ3v) is 6.02. The normalized spacial score (nSPS) is 10.8. The van der Waals surface area contributed by atoms with E-state index in [0.717, 1.165) is 27.6 Å². The maximum absolute atomic E-state index is 13.3. The number of carboxylic acids is 1. The van der Waals surface area contributed by atoms with E-state index in [9.17, 15) is 19.5 Å². The number of amides is 1. The summed E-state index contributed by atoms with van der Waals surface area (Å²) in [6.07, 6.45) is 0.599. The number of nitrogens with one attached hydrogen (secondary N) is 1. The van der Waals surface area contributed by atoms with E-state index in [0.29, 0.717) is 18.5 Å². The summed E-state index contributed by atoms with van der Waals surface area (Å²) in [6, 6.07) is 22.1. The molecule has 7 nitrogen and oxygen atoms in total. The highest BCUT2D eigenvalue weighted by Crippen LogP contribution is 2.21. The average molecular weight is 485 g/mol. The lowest BCUT2D eigenvalue weighted by molar-refractivity contribution is -0.134. The molecule has 0 fully saturated rings. The molecule has 0 unspecified atom stereocenters. The van der Waals surface area contributed by atoms with Crippen LogP contribution in [0, 0.1) is 13.8 Å². The second-order valence-electron chi connectivity index (χ2n) is 8.86. The number of hydrogen-bond acceptors (Lipinski definition) is 4. The van der Waals surface area contributed by atoms with Gasteiger partial charge in [0.1, 0.15) is 11.3 Å². The number of carbonyl (C=O) groups is 2. The van der Waals surface area contributed by atoms with Gasteiger partial charge in [-0.1, -0.05) is 48.5 Å². The van der Waals surface area contributed by atoms with Crippen LogP contribution in [0.1, 0.15) is 32.6 Å². The Morgan fingerprint density at radius 3 is 2.42 bits per heavy atom. The minimum absolute atomic E-state index is 0.00879. The zero-order chi connectivity index (χ0) is 25.7. The highest BCUT2D eigenvalue weighted by Gasteiger charge is 2.19. The summed E-state index contributed by atoms with van der Waals surface area (Å²) in [5.41, 5.74) is 3.88. The van der Waals surface area contributed by atoms with Crippen LogP contribution in [-0.2, 0) is 17.8 Å². The van der Waals surface area contributed by atoms with Crippen molar-refractivity contribution in [1.82, 2.24) is 9.88 Å². The molecule has 4 rings (SSSR count). The van der Waals surface area contributed by atoms with Gasteiger partial charge in [-0.15, -0.1) is 0 Å². The third kappa shape index (κ3) is 5.99. The van der Waals surface area contributed by atoms with Crippen molar-refractivity contribution in [3.05, 3.63) is 111 Å². The first-order valence-electron chi connectivity index (χ1n) is 11.7. The molecule has 0 saturated heterocycles.